The van der Waals surface area contributed by atoms with Gasteiger partial charge in [-0.05, 0) is 49.9 Å². The zero-order valence-electron chi connectivity index (χ0n) is 10.6. The van der Waals surface area contributed by atoms with Crippen LogP contribution in [0.15, 0.2) is 18.2 Å². The van der Waals surface area contributed by atoms with Gasteiger partial charge in [0.05, 0.1) is 11.7 Å². The summed E-state index contributed by atoms with van der Waals surface area (Å²) < 4.78 is 5.64. The molecule has 18 heavy (non-hydrogen) atoms. The van der Waals surface area contributed by atoms with Gasteiger partial charge in [-0.2, -0.15) is 0 Å². The Labute approximate surface area is 107 Å². The van der Waals surface area contributed by atoms with Gasteiger partial charge in [-0.25, -0.2) is 4.79 Å². The van der Waals surface area contributed by atoms with Crippen LogP contribution >= 0.6 is 0 Å². The van der Waals surface area contributed by atoms with Crippen LogP contribution in [0, 0.1) is 6.92 Å². The first kappa shape index (κ1) is 12.9. The molecule has 0 bridgehead atoms. The predicted molar refractivity (Wildman–Crippen MR) is 70.2 cm³/mol. The van der Waals surface area contributed by atoms with Gasteiger partial charge in [0.2, 0.25) is 0 Å². The van der Waals surface area contributed by atoms with Crippen molar-refractivity contribution in [3.63, 3.8) is 0 Å². The summed E-state index contributed by atoms with van der Waals surface area (Å²) in [6.45, 7) is 3.55. The summed E-state index contributed by atoms with van der Waals surface area (Å²) in [6.07, 6.45) is 3.75. The van der Waals surface area contributed by atoms with Gasteiger partial charge in [-0.3, -0.25) is 0 Å². The van der Waals surface area contributed by atoms with Crippen molar-refractivity contribution in [1.82, 2.24) is 0 Å². The molecule has 1 aromatic carbocycles. The molecule has 98 valence electrons. The highest BCUT2D eigenvalue weighted by Crippen LogP contribution is 2.18. The molecule has 1 unspecified atom stereocenters. The van der Waals surface area contributed by atoms with E-state index in [1.807, 2.05) is 13.0 Å². The second-order valence-electron chi connectivity index (χ2n) is 4.70. The first-order chi connectivity index (χ1) is 8.66. The molecule has 1 aliphatic heterocycles. The SMILES string of the molecule is Cc1cc(C(=O)O)ccc1NCC1CCCCO1. The summed E-state index contributed by atoms with van der Waals surface area (Å²) in [5.74, 6) is -0.889. The van der Waals surface area contributed by atoms with Crippen molar-refractivity contribution in [3.8, 4) is 0 Å². The maximum atomic E-state index is 10.8. The Kier molecular flexibility index (Phi) is 4.20. The van der Waals surface area contributed by atoms with E-state index in [0.29, 0.717) is 5.56 Å². The Balaban J connectivity index is 1.94. The molecule has 4 nitrogen and oxygen atoms in total. The van der Waals surface area contributed by atoms with E-state index in [1.54, 1.807) is 12.1 Å². The number of anilines is 1. The molecule has 0 aromatic heterocycles. The number of carboxylic acid groups (broad SMARTS) is 1. The number of hydrogen-bond donors (Lipinski definition) is 2. The molecule has 1 saturated heterocycles. The first-order valence-electron chi connectivity index (χ1n) is 6.36. The van der Waals surface area contributed by atoms with Crippen LogP contribution in [0.5, 0.6) is 0 Å². The summed E-state index contributed by atoms with van der Waals surface area (Å²) in [7, 11) is 0. The van der Waals surface area contributed by atoms with Gasteiger partial charge in [0.25, 0.3) is 0 Å². The molecule has 0 amide bonds. The van der Waals surface area contributed by atoms with Gasteiger partial charge in [0.15, 0.2) is 0 Å². The van der Waals surface area contributed by atoms with E-state index in [2.05, 4.69) is 5.32 Å². The smallest absolute Gasteiger partial charge is 0.335 e. The Hall–Kier alpha value is -1.55. The quantitative estimate of drug-likeness (QED) is 0.861. The van der Waals surface area contributed by atoms with Crippen molar-refractivity contribution in [3.05, 3.63) is 29.3 Å². The first-order valence-corrected chi connectivity index (χ1v) is 6.36. The number of rotatable bonds is 4. The van der Waals surface area contributed by atoms with E-state index in [9.17, 15) is 4.79 Å². The Bertz CT molecular complexity index is 425. The van der Waals surface area contributed by atoms with E-state index in [4.69, 9.17) is 9.84 Å². The molecule has 4 heteroatoms. The van der Waals surface area contributed by atoms with Crippen LogP contribution < -0.4 is 5.32 Å². The molecule has 2 N–H and O–H groups in total. The fourth-order valence-electron chi connectivity index (χ4n) is 2.19. The molecule has 0 spiro atoms. The molecule has 1 fully saturated rings. The number of nitrogens with one attached hydrogen (secondary N) is 1. The third-order valence-corrected chi connectivity index (χ3v) is 3.27. The second kappa shape index (κ2) is 5.87. The van der Waals surface area contributed by atoms with Gasteiger partial charge in [0.1, 0.15) is 0 Å². The number of carboxylic acids is 1. The van der Waals surface area contributed by atoms with Crippen LogP contribution in [0.4, 0.5) is 5.69 Å². The molecule has 1 aliphatic rings. The largest absolute Gasteiger partial charge is 0.478 e. The molecule has 1 aromatic rings. The highest BCUT2D eigenvalue weighted by atomic mass is 16.5. The van der Waals surface area contributed by atoms with Crippen molar-refractivity contribution < 1.29 is 14.6 Å². The van der Waals surface area contributed by atoms with E-state index in [-0.39, 0.29) is 6.10 Å². The third kappa shape index (κ3) is 3.23. The highest BCUT2D eigenvalue weighted by molar-refractivity contribution is 5.88. The number of ether oxygens (including phenoxy) is 1. The molecule has 2 rings (SSSR count). The van der Waals surface area contributed by atoms with Crippen molar-refractivity contribution in [2.45, 2.75) is 32.3 Å². The van der Waals surface area contributed by atoms with E-state index >= 15 is 0 Å². The van der Waals surface area contributed by atoms with Crippen LogP contribution in [-0.4, -0.2) is 30.3 Å². The van der Waals surface area contributed by atoms with Crippen molar-refractivity contribution >= 4 is 11.7 Å². The third-order valence-electron chi connectivity index (χ3n) is 3.27. The fourth-order valence-corrected chi connectivity index (χ4v) is 2.19. The van der Waals surface area contributed by atoms with Crippen LogP contribution in [0.1, 0.15) is 35.2 Å². The molecule has 1 heterocycles. The average Bonchev–Trinajstić information content (AvgIpc) is 2.38. The van der Waals surface area contributed by atoms with Gasteiger partial charge in [-0.15, -0.1) is 0 Å². The molecule has 0 aliphatic carbocycles. The number of benzene rings is 1. The van der Waals surface area contributed by atoms with Crippen LogP contribution in [0.2, 0.25) is 0 Å². The van der Waals surface area contributed by atoms with Gasteiger partial charge < -0.3 is 15.2 Å². The van der Waals surface area contributed by atoms with Crippen LogP contribution in [0.25, 0.3) is 0 Å². The monoisotopic (exact) mass is 249 g/mol. The lowest BCUT2D eigenvalue weighted by Gasteiger charge is -2.23. The summed E-state index contributed by atoms with van der Waals surface area (Å²) in [5, 5.41) is 12.2. The van der Waals surface area contributed by atoms with Gasteiger partial charge >= 0.3 is 5.97 Å². The van der Waals surface area contributed by atoms with Crippen molar-refractivity contribution in [2.24, 2.45) is 0 Å². The minimum atomic E-state index is -0.889. The van der Waals surface area contributed by atoms with Gasteiger partial charge in [0, 0.05) is 18.8 Å². The molecular formula is C14H19NO3. The molecule has 0 radical (unpaired) electrons. The average molecular weight is 249 g/mol. The Morgan fingerprint density at radius 1 is 1.50 bits per heavy atom. The highest BCUT2D eigenvalue weighted by Gasteiger charge is 2.14. The minimum absolute atomic E-state index is 0.275. The number of aromatic carboxylic acids is 1. The maximum absolute atomic E-state index is 10.8. The van der Waals surface area contributed by atoms with Crippen molar-refractivity contribution in [2.75, 3.05) is 18.5 Å². The zero-order chi connectivity index (χ0) is 13.0. The minimum Gasteiger partial charge on any atom is -0.478 e. The lowest BCUT2D eigenvalue weighted by atomic mass is 10.1. The standard InChI is InChI=1S/C14H19NO3/c1-10-8-11(14(16)17)5-6-13(10)15-9-12-4-2-3-7-18-12/h5-6,8,12,15H,2-4,7,9H2,1H3,(H,16,17). The summed E-state index contributed by atoms with van der Waals surface area (Å²) in [4.78, 5) is 10.8. The molecular weight excluding hydrogens is 230 g/mol. The topological polar surface area (TPSA) is 58.6 Å². The van der Waals surface area contributed by atoms with Crippen LogP contribution in [-0.2, 0) is 4.74 Å². The lowest BCUT2D eigenvalue weighted by Crippen LogP contribution is -2.27. The zero-order valence-corrected chi connectivity index (χ0v) is 10.6. The fraction of sp³-hybridized carbons (Fsp3) is 0.500. The molecule has 0 saturated carbocycles. The Morgan fingerprint density at radius 2 is 2.33 bits per heavy atom. The predicted octanol–water partition coefficient (Wildman–Crippen LogP) is 2.67. The maximum Gasteiger partial charge on any atom is 0.335 e. The number of carbonyl (C=O) groups is 1. The van der Waals surface area contributed by atoms with E-state index in [1.165, 1.54) is 6.42 Å². The van der Waals surface area contributed by atoms with Gasteiger partial charge in [-0.1, -0.05) is 0 Å². The van der Waals surface area contributed by atoms with Crippen LogP contribution in [0.3, 0.4) is 0 Å². The summed E-state index contributed by atoms with van der Waals surface area (Å²) in [6, 6.07) is 5.13. The second-order valence-corrected chi connectivity index (χ2v) is 4.70. The number of hydrogen-bond acceptors (Lipinski definition) is 3. The number of aryl methyl sites for hydroxylation is 1. The Morgan fingerprint density at radius 3 is 2.94 bits per heavy atom. The van der Waals surface area contributed by atoms with E-state index < -0.39 is 5.97 Å². The van der Waals surface area contributed by atoms with Crippen molar-refractivity contribution in [1.29, 1.82) is 0 Å². The summed E-state index contributed by atoms with van der Waals surface area (Å²) >= 11 is 0. The lowest BCUT2D eigenvalue weighted by molar-refractivity contribution is 0.0247. The summed E-state index contributed by atoms with van der Waals surface area (Å²) in [5.41, 5.74) is 2.26. The normalized spacial score (nSPS) is 19.5. The molecule has 1 atom stereocenters. The van der Waals surface area contributed by atoms with E-state index in [0.717, 1.165) is 37.2 Å².